The SMILES string of the molecule is O=C1Nc2ccccc2/C1=C/Nc1ccc(N2CCC(c3ccncc3)C2)c(F)c1. The van der Waals surface area contributed by atoms with Crippen molar-refractivity contribution in [2.45, 2.75) is 12.3 Å². The van der Waals surface area contributed by atoms with Crippen LogP contribution in [0.1, 0.15) is 23.5 Å². The van der Waals surface area contributed by atoms with Gasteiger partial charge in [-0.1, -0.05) is 18.2 Å². The van der Waals surface area contributed by atoms with Gasteiger partial charge >= 0.3 is 0 Å². The average Bonchev–Trinajstić information content (AvgIpc) is 3.37. The Bertz CT molecular complexity index is 1130. The normalized spacial score (nSPS) is 19.1. The van der Waals surface area contributed by atoms with Gasteiger partial charge < -0.3 is 15.5 Å². The number of amides is 1. The summed E-state index contributed by atoms with van der Waals surface area (Å²) in [5, 5.41) is 5.89. The Labute approximate surface area is 174 Å². The highest BCUT2D eigenvalue weighted by atomic mass is 19.1. The molecule has 1 aromatic heterocycles. The van der Waals surface area contributed by atoms with Gasteiger partial charge in [0, 0.05) is 54.5 Å². The second kappa shape index (κ2) is 7.63. The van der Waals surface area contributed by atoms with Crippen LogP contribution in [0, 0.1) is 5.82 Å². The standard InChI is InChI=1S/C24H21FN4O/c25-21-13-18(27-14-20-19-3-1-2-4-22(19)28-24(20)30)5-6-23(21)29-12-9-17(15-29)16-7-10-26-11-8-16/h1-8,10-11,13-14,17,27H,9,12,15H2,(H,28,30)/b20-14-. The third kappa shape index (κ3) is 3.41. The second-order valence-corrected chi connectivity index (χ2v) is 7.58. The molecule has 0 radical (unpaired) electrons. The van der Waals surface area contributed by atoms with Crippen molar-refractivity contribution in [3.8, 4) is 0 Å². The molecule has 2 N–H and O–H groups in total. The maximum absolute atomic E-state index is 14.9. The van der Waals surface area contributed by atoms with Crippen LogP contribution in [-0.2, 0) is 4.79 Å². The molecular weight excluding hydrogens is 379 g/mol. The molecule has 1 amide bonds. The number of nitrogens with zero attached hydrogens (tertiary/aromatic N) is 2. The highest BCUT2D eigenvalue weighted by Gasteiger charge is 2.26. The van der Waals surface area contributed by atoms with E-state index >= 15 is 0 Å². The fourth-order valence-electron chi connectivity index (χ4n) is 4.18. The number of rotatable bonds is 4. The molecule has 1 saturated heterocycles. The number of para-hydroxylation sites is 1. The molecule has 0 saturated carbocycles. The third-order valence-corrected chi connectivity index (χ3v) is 5.75. The summed E-state index contributed by atoms with van der Waals surface area (Å²) >= 11 is 0. The van der Waals surface area contributed by atoms with E-state index in [9.17, 15) is 9.18 Å². The average molecular weight is 400 g/mol. The predicted octanol–water partition coefficient (Wildman–Crippen LogP) is 4.62. The van der Waals surface area contributed by atoms with Gasteiger partial charge in [-0.25, -0.2) is 4.39 Å². The minimum Gasteiger partial charge on any atom is -0.369 e. The largest absolute Gasteiger partial charge is 0.369 e. The van der Waals surface area contributed by atoms with Crippen molar-refractivity contribution in [3.05, 3.63) is 90.1 Å². The number of carbonyl (C=O) groups excluding carboxylic acids is 1. The zero-order chi connectivity index (χ0) is 20.5. The molecule has 2 aliphatic rings. The van der Waals surface area contributed by atoms with Crippen molar-refractivity contribution >= 4 is 28.5 Å². The Morgan fingerprint density at radius 1 is 1.13 bits per heavy atom. The van der Waals surface area contributed by atoms with E-state index in [1.165, 1.54) is 11.6 Å². The quantitative estimate of drug-likeness (QED) is 0.628. The van der Waals surface area contributed by atoms with Crippen LogP contribution in [0.25, 0.3) is 5.57 Å². The molecule has 1 fully saturated rings. The number of hydrogen-bond acceptors (Lipinski definition) is 4. The summed E-state index contributed by atoms with van der Waals surface area (Å²) in [6, 6.07) is 16.7. The smallest absolute Gasteiger partial charge is 0.257 e. The lowest BCUT2D eigenvalue weighted by molar-refractivity contribution is -0.110. The van der Waals surface area contributed by atoms with Gasteiger partial charge in [-0.15, -0.1) is 0 Å². The molecule has 3 aromatic rings. The Hall–Kier alpha value is -3.67. The maximum Gasteiger partial charge on any atom is 0.257 e. The lowest BCUT2D eigenvalue weighted by Crippen LogP contribution is -2.20. The molecule has 1 atom stereocenters. The molecule has 5 rings (SSSR count). The maximum atomic E-state index is 14.9. The molecule has 0 bridgehead atoms. The first-order valence-electron chi connectivity index (χ1n) is 10.0. The first-order valence-corrected chi connectivity index (χ1v) is 10.0. The summed E-state index contributed by atoms with van der Waals surface area (Å²) in [6.45, 7) is 1.60. The van der Waals surface area contributed by atoms with Gasteiger partial charge in [-0.05, 0) is 48.4 Å². The van der Waals surface area contributed by atoms with Gasteiger partial charge in [0.25, 0.3) is 5.91 Å². The van der Waals surface area contributed by atoms with Crippen LogP contribution >= 0.6 is 0 Å². The van der Waals surface area contributed by atoms with E-state index in [0.29, 0.717) is 22.9 Å². The molecule has 6 heteroatoms. The van der Waals surface area contributed by atoms with Crippen molar-refractivity contribution in [2.75, 3.05) is 28.6 Å². The highest BCUT2D eigenvalue weighted by molar-refractivity contribution is 6.31. The molecule has 0 aliphatic carbocycles. The monoisotopic (exact) mass is 400 g/mol. The van der Waals surface area contributed by atoms with E-state index in [1.54, 1.807) is 24.7 Å². The van der Waals surface area contributed by atoms with E-state index in [0.717, 1.165) is 30.8 Å². The molecular formula is C24H21FN4O. The van der Waals surface area contributed by atoms with E-state index in [1.807, 2.05) is 42.5 Å². The van der Waals surface area contributed by atoms with Crippen LogP contribution in [0.5, 0.6) is 0 Å². The second-order valence-electron chi connectivity index (χ2n) is 7.58. The fraction of sp³-hybridized carbons (Fsp3) is 0.167. The van der Waals surface area contributed by atoms with Crippen LogP contribution in [0.15, 0.2) is 73.2 Å². The van der Waals surface area contributed by atoms with Gasteiger partial charge in [0.15, 0.2) is 0 Å². The molecule has 1 unspecified atom stereocenters. The van der Waals surface area contributed by atoms with Gasteiger partial charge in [-0.3, -0.25) is 9.78 Å². The van der Waals surface area contributed by atoms with Crippen molar-refractivity contribution in [1.82, 2.24) is 4.98 Å². The van der Waals surface area contributed by atoms with Gasteiger partial charge in [0.2, 0.25) is 0 Å². The van der Waals surface area contributed by atoms with Crippen molar-refractivity contribution in [2.24, 2.45) is 0 Å². The number of hydrogen-bond donors (Lipinski definition) is 2. The number of anilines is 3. The molecule has 5 nitrogen and oxygen atoms in total. The highest BCUT2D eigenvalue weighted by Crippen LogP contribution is 2.34. The summed E-state index contributed by atoms with van der Waals surface area (Å²) < 4.78 is 14.9. The number of aromatic nitrogens is 1. The van der Waals surface area contributed by atoms with Crippen LogP contribution < -0.4 is 15.5 Å². The number of carbonyl (C=O) groups is 1. The lowest BCUT2D eigenvalue weighted by Gasteiger charge is -2.20. The predicted molar refractivity (Wildman–Crippen MR) is 117 cm³/mol. The van der Waals surface area contributed by atoms with Gasteiger partial charge in [0.1, 0.15) is 5.82 Å². The summed E-state index contributed by atoms with van der Waals surface area (Å²) in [7, 11) is 0. The molecule has 0 spiro atoms. The molecule has 150 valence electrons. The van der Waals surface area contributed by atoms with Crippen molar-refractivity contribution < 1.29 is 9.18 Å². The van der Waals surface area contributed by atoms with Gasteiger partial charge in [0.05, 0.1) is 11.3 Å². The van der Waals surface area contributed by atoms with E-state index in [-0.39, 0.29) is 11.7 Å². The number of fused-ring (bicyclic) bond motifs is 1. The van der Waals surface area contributed by atoms with Crippen LogP contribution in [0.2, 0.25) is 0 Å². The first-order chi connectivity index (χ1) is 14.7. The van der Waals surface area contributed by atoms with Crippen LogP contribution in [0.3, 0.4) is 0 Å². The summed E-state index contributed by atoms with van der Waals surface area (Å²) in [4.78, 5) is 18.3. The molecule has 3 heterocycles. The minimum atomic E-state index is -0.273. The number of benzene rings is 2. The topological polar surface area (TPSA) is 57.3 Å². The third-order valence-electron chi connectivity index (χ3n) is 5.75. The van der Waals surface area contributed by atoms with Gasteiger partial charge in [-0.2, -0.15) is 0 Å². The molecule has 2 aliphatic heterocycles. The number of pyridine rings is 1. The Morgan fingerprint density at radius 3 is 2.80 bits per heavy atom. The van der Waals surface area contributed by atoms with E-state index in [4.69, 9.17) is 0 Å². The summed E-state index contributed by atoms with van der Waals surface area (Å²) in [5.74, 6) is -0.0547. The van der Waals surface area contributed by atoms with E-state index in [2.05, 4.69) is 20.5 Å². The first kappa shape index (κ1) is 18.4. The van der Waals surface area contributed by atoms with E-state index < -0.39 is 0 Å². The van der Waals surface area contributed by atoms with Crippen LogP contribution in [-0.4, -0.2) is 24.0 Å². The molecule has 2 aromatic carbocycles. The number of nitrogens with one attached hydrogen (secondary N) is 2. The zero-order valence-corrected chi connectivity index (χ0v) is 16.3. The Morgan fingerprint density at radius 2 is 1.97 bits per heavy atom. The Balaban J connectivity index is 1.31. The summed E-state index contributed by atoms with van der Waals surface area (Å²) in [5.41, 5.74) is 4.61. The van der Waals surface area contributed by atoms with Crippen molar-refractivity contribution in [3.63, 3.8) is 0 Å². The summed E-state index contributed by atoms with van der Waals surface area (Å²) in [6.07, 6.45) is 6.22. The minimum absolute atomic E-state index is 0.167. The number of halogens is 1. The van der Waals surface area contributed by atoms with Crippen molar-refractivity contribution in [1.29, 1.82) is 0 Å². The van der Waals surface area contributed by atoms with Crippen LogP contribution in [0.4, 0.5) is 21.5 Å². The molecule has 30 heavy (non-hydrogen) atoms. The Kier molecular flexibility index (Phi) is 4.67. The zero-order valence-electron chi connectivity index (χ0n) is 16.3. The lowest BCUT2D eigenvalue weighted by atomic mass is 10.00. The fourth-order valence-corrected chi connectivity index (χ4v) is 4.18.